The topological polar surface area (TPSA) is 56.4 Å². The van der Waals surface area contributed by atoms with Crippen molar-refractivity contribution in [2.45, 2.75) is 18.2 Å². The van der Waals surface area contributed by atoms with Crippen molar-refractivity contribution in [3.63, 3.8) is 0 Å². The Morgan fingerprint density at radius 2 is 1.94 bits per heavy atom. The van der Waals surface area contributed by atoms with Gasteiger partial charge in [0.15, 0.2) is 0 Å². The van der Waals surface area contributed by atoms with Gasteiger partial charge in [0.05, 0.1) is 5.02 Å². The van der Waals surface area contributed by atoms with Crippen LogP contribution in [0.5, 0.6) is 0 Å². The number of benzene rings is 2. The second-order valence-corrected chi connectivity index (χ2v) is 9.49. The fourth-order valence-corrected chi connectivity index (χ4v) is 4.96. The van der Waals surface area contributed by atoms with E-state index >= 15 is 0 Å². The van der Waals surface area contributed by atoms with Gasteiger partial charge in [-0.15, -0.1) is 11.8 Å². The third kappa shape index (κ3) is 4.30. The van der Waals surface area contributed by atoms with Gasteiger partial charge in [-0.3, -0.25) is 9.59 Å². The normalized spacial score (nSPS) is 13.9. The van der Waals surface area contributed by atoms with Crippen molar-refractivity contribution >= 4 is 51.7 Å². The van der Waals surface area contributed by atoms with E-state index in [2.05, 4.69) is 23.2 Å². The molecule has 166 valence electrons. The molecule has 2 aromatic carbocycles. The van der Waals surface area contributed by atoms with E-state index in [-0.39, 0.29) is 11.8 Å². The zero-order valence-electron chi connectivity index (χ0n) is 18.7. The molecule has 32 heavy (non-hydrogen) atoms. The van der Waals surface area contributed by atoms with Crippen LogP contribution in [-0.2, 0) is 0 Å². The Kier molecular flexibility index (Phi) is 6.35. The molecule has 2 amide bonds. The van der Waals surface area contributed by atoms with Crippen molar-refractivity contribution in [3.05, 3.63) is 69.9 Å². The number of aromatic amines is 1. The Bertz CT molecular complexity index is 1250. The Morgan fingerprint density at radius 3 is 2.66 bits per heavy atom. The number of carbonyl (C=O) groups excluding carboxylic acids is 2. The SMILES string of the molecule is CSc1cc(C(=O)N2CCC=C(c3ccc4cc(C(=O)N(C)C)[nH]c4c3)C2)c(C)cc1Cl. The lowest BCUT2D eigenvalue weighted by Crippen LogP contribution is -2.35. The lowest BCUT2D eigenvalue weighted by atomic mass is 9.99. The van der Waals surface area contributed by atoms with Gasteiger partial charge in [0.1, 0.15) is 5.69 Å². The summed E-state index contributed by atoms with van der Waals surface area (Å²) in [4.78, 5) is 33.2. The van der Waals surface area contributed by atoms with Gasteiger partial charge in [0, 0.05) is 48.5 Å². The molecule has 1 aliphatic heterocycles. The molecule has 2 heterocycles. The molecule has 1 N–H and O–H groups in total. The number of aromatic nitrogens is 1. The molecule has 3 aromatic rings. The van der Waals surface area contributed by atoms with E-state index in [9.17, 15) is 9.59 Å². The molecular weight excluding hydrogens is 442 g/mol. The molecule has 1 aliphatic rings. The van der Waals surface area contributed by atoms with E-state index in [0.29, 0.717) is 29.4 Å². The van der Waals surface area contributed by atoms with Gasteiger partial charge in [0.2, 0.25) is 0 Å². The molecule has 1 aromatic heterocycles. The fourth-order valence-electron chi connectivity index (χ4n) is 4.02. The summed E-state index contributed by atoms with van der Waals surface area (Å²) in [6.07, 6.45) is 4.96. The molecule has 0 atom stereocenters. The molecule has 4 rings (SSSR count). The molecule has 0 spiro atoms. The van der Waals surface area contributed by atoms with Crippen LogP contribution in [0.25, 0.3) is 16.5 Å². The third-order valence-corrected chi connectivity index (χ3v) is 7.00. The summed E-state index contributed by atoms with van der Waals surface area (Å²) in [5, 5.41) is 1.67. The minimum atomic E-state index is -0.0562. The smallest absolute Gasteiger partial charge is 0.269 e. The maximum absolute atomic E-state index is 13.3. The van der Waals surface area contributed by atoms with Crippen LogP contribution in [0, 0.1) is 6.92 Å². The van der Waals surface area contributed by atoms with Gasteiger partial charge in [0.25, 0.3) is 11.8 Å². The van der Waals surface area contributed by atoms with Crippen molar-refractivity contribution in [2.75, 3.05) is 33.4 Å². The standard InChI is InChI=1S/C25H26ClN3O2S/c1-15-10-20(26)23(32-4)13-19(15)24(30)29-9-5-6-18(14-29)16-7-8-17-12-22(25(31)28(2)3)27-21(17)11-16/h6-8,10-13,27H,5,9,14H2,1-4H3. The van der Waals surface area contributed by atoms with Crippen LogP contribution in [0.4, 0.5) is 0 Å². The summed E-state index contributed by atoms with van der Waals surface area (Å²) in [6, 6.07) is 11.8. The zero-order valence-corrected chi connectivity index (χ0v) is 20.2. The number of fused-ring (bicyclic) bond motifs is 1. The van der Waals surface area contributed by atoms with Crippen molar-refractivity contribution < 1.29 is 9.59 Å². The van der Waals surface area contributed by atoms with Gasteiger partial charge >= 0.3 is 0 Å². The maximum Gasteiger partial charge on any atom is 0.269 e. The summed E-state index contributed by atoms with van der Waals surface area (Å²) in [7, 11) is 3.48. The summed E-state index contributed by atoms with van der Waals surface area (Å²) in [5.74, 6) is -0.0285. The molecule has 0 saturated carbocycles. The second kappa shape index (κ2) is 9.04. The molecule has 0 saturated heterocycles. The molecule has 7 heteroatoms. The summed E-state index contributed by atoms with van der Waals surface area (Å²) in [5.41, 5.74) is 5.23. The lowest BCUT2D eigenvalue weighted by Gasteiger charge is -2.28. The summed E-state index contributed by atoms with van der Waals surface area (Å²) < 4.78 is 0. The van der Waals surface area contributed by atoms with Crippen LogP contribution in [-0.4, -0.2) is 60.0 Å². The largest absolute Gasteiger partial charge is 0.351 e. The average molecular weight is 468 g/mol. The van der Waals surface area contributed by atoms with Gasteiger partial charge in [-0.1, -0.05) is 29.8 Å². The van der Waals surface area contributed by atoms with E-state index in [1.165, 1.54) is 0 Å². The Balaban J connectivity index is 1.59. The Hall–Kier alpha value is -2.70. The fraction of sp³-hybridized carbons (Fsp3) is 0.280. The summed E-state index contributed by atoms with van der Waals surface area (Å²) >= 11 is 7.84. The zero-order chi connectivity index (χ0) is 23.0. The first-order valence-corrected chi connectivity index (χ1v) is 12.1. The van der Waals surface area contributed by atoms with E-state index < -0.39 is 0 Å². The van der Waals surface area contributed by atoms with Gasteiger partial charge in [-0.05, 0) is 60.6 Å². The van der Waals surface area contributed by atoms with Crippen LogP contribution in [0.2, 0.25) is 5.02 Å². The predicted molar refractivity (Wildman–Crippen MR) is 133 cm³/mol. The van der Waals surface area contributed by atoms with Crippen LogP contribution < -0.4 is 0 Å². The van der Waals surface area contributed by atoms with Crippen molar-refractivity contribution in [2.24, 2.45) is 0 Å². The number of hydrogen-bond donors (Lipinski definition) is 1. The first kappa shape index (κ1) is 22.5. The van der Waals surface area contributed by atoms with Crippen molar-refractivity contribution in [1.82, 2.24) is 14.8 Å². The second-order valence-electron chi connectivity index (χ2n) is 8.23. The van der Waals surface area contributed by atoms with E-state index in [0.717, 1.165) is 38.9 Å². The minimum absolute atomic E-state index is 0.0277. The molecule has 5 nitrogen and oxygen atoms in total. The van der Waals surface area contributed by atoms with Crippen molar-refractivity contribution in [1.29, 1.82) is 0 Å². The highest BCUT2D eigenvalue weighted by Gasteiger charge is 2.23. The number of amides is 2. The van der Waals surface area contributed by atoms with Crippen LogP contribution in [0.15, 0.2) is 47.4 Å². The quantitative estimate of drug-likeness (QED) is 0.516. The number of nitrogens with zero attached hydrogens (tertiary/aromatic N) is 2. The molecule has 0 radical (unpaired) electrons. The molecule has 0 fully saturated rings. The highest BCUT2D eigenvalue weighted by atomic mass is 35.5. The van der Waals surface area contributed by atoms with Crippen LogP contribution >= 0.6 is 23.4 Å². The number of hydrogen-bond acceptors (Lipinski definition) is 3. The average Bonchev–Trinajstić information content (AvgIpc) is 3.21. The van der Waals surface area contributed by atoms with Crippen molar-refractivity contribution in [3.8, 4) is 0 Å². The number of carbonyl (C=O) groups is 2. The minimum Gasteiger partial charge on any atom is -0.351 e. The van der Waals surface area contributed by atoms with E-state index in [1.807, 2.05) is 42.3 Å². The molecule has 0 bridgehead atoms. The third-order valence-electron chi connectivity index (χ3n) is 5.80. The van der Waals surface area contributed by atoms with Gasteiger partial charge in [-0.25, -0.2) is 0 Å². The Labute approximate surface area is 197 Å². The van der Waals surface area contributed by atoms with E-state index in [1.54, 1.807) is 30.8 Å². The highest BCUT2D eigenvalue weighted by Crippen LogP contribution is 2.31. The van der Waals surface area contributed by atoms with Gasteiger partial charge < -0.3 is 14.8 Å². The van der Waals surface area contributed by atoms with Gasteiger partial charge in [-0.2, -0.15) is 0 Å². The number of H-pyrrole nitrogens is 1. The van der Waals surface area contributed by atoms with Crippen LogP contribution in [0.3, 0.4) is 0 Å². The maximum atomic E-state index is 13.3. The molecule has 0 aliphatic carbocycles. The van der Waals surface area contributed by atoms with E-state index in [4.69, 9.17) is 11.6 Å². The highest BCUT2D eigenvalue weighted by molar-refractivity contribution is 7.98. The number of aryl methyl sites for hydroxylation is 1. The predicted octanol–water partition coefficient (Wildman–Crippen LogP) is 5.48. The van der Waals surface area contributed by atoms with Crippen LogP contribution in [0.1, 0.15) is 38.4 Å². The lowest BCUT2D eigenvalue weighted by molar-refractivity contribution is 0.0773. The summed E-state index contributed by atoms with van der Waals surface area (Å²) in [6.45, 7) is 3.16. The molecule has 0 unspecified atom stereocenters. The number of thioether (sulfide) groups is 1. The first-order valence-electron chi connectivity index (χ1n) is 10.5. The molecular formula is C25H26ClN3O2S. The monoisotopic (exact) mass is 467 g/mol. The number of halogens is 1. The number of nitrogens with one attached hydrogen (secondary N) is 1. The Morgan fingerprint density at radius 1 is 1.16 bits per heavy atom. The number of rotatable bonds is 4. The first-order chi connectivity index (χ1) is 15.3.